The molecule has 1 aliphatic carbocycles. The van der Waals surface area contributed by atoms with Gasteiger partial charge in [0.25, 0.3) is 0 Å². The highest BCUT2D eigenvalue weighted by atomic mass is 15.2. The van der Waals surface area contributed by atoms with Gasteiger partial charge in [-0.05, 0) is 38.6 Å². The van der Waals surface area contributed by atoms with Gasteiger partial charge in [-0.25, -0.2) is 0 Å². The van der Waals surface area contributed by atoms with E-state index in [0.717, 1.165) is 18.5 Å². The van der Waals surface area contributed by atoms with Gasteiger partial charge in [-0.15, -0.1) is 0 Å². The summed E-state index contributed by atoms with van der Waals surface area (Å²) in [4.78, 5) is 2.68. The highest BCUT2D eigenvalue weighted by Gasteiger charge is 2.27. The minimum Gasteiger partial charge on any atom is -0.313 e. The summed E-state index contributed by atoms with van der Waals surface area (Å²) in [5.41, 5.74) is 0. The van der Waals surface area contributed by atoms with Crippen LogP contribution in [-0.4, -0.2) is 36.6 Å². The quantitative estimate of drug-likeness (QED) is 0.650. The second kappa shape index (κ2) is 7.29. The highest BCUT2D eigenvalue weighted by molar-refractivity contribution is 4.84. The molecule has 0 heterocycles. The number of hydrogen-bond acceptors (Lipinski definition) is 2. The third kappa shape index (κ3) is 5.31. The molecule has 0 saturated heterocycles. The minimum absolute atomic E-state index is 0.646. The Kier molecular flexibility index (Phi) is 6.37. The second-order valence-electron chi connectivity index (χ2n) is 5.61. The third-order valence-electron chi connectivity index (χ3n) is 3.73. The van der Waals surface area contributed by atoms with Crippen molar-refractivity contribution in [1.29, 1.82) is 0 Å². The van der Waals surface area contributed by atoms with E-state index in [2.05, 4.69) is 37.9 Å². The SMILES string of the molecule is CCCCN(CCNC(C)C(C)C)C1CC1. The summed E-state index contributed by atoms with van der Waals surface area (Å²) >= 11 is 0. The predicted molar refractivity (Wildman–Crippen MR) is 71.8 cm³/mol. The molecule has 96 valence electrons. The summed E-state index contributed by atoms with van der Waals surface area (Å²) in [6.45, 7) is 12.8. The molecule has 0 aliphatic heterocycles. The lowest BCUT2D eigenvalue weighted by molar-refractivity contribution is 0.251. The van der Waals surface area contributed by atoms with Crippen molar-refractivity contribution in [1.82, 2.24) is 10.2 Å². The van der Waals surface area contributed by atoms with Gasteiger partial charge in [-0.3, -0.25) is 4.90 Å². The lowest BCUT2D eigenvalue weighted by atomic mass is 10.1. The molecule has 0 amide bonds. The Bertz CT molecular complexity index is 176. The molecular weight excluding hydrogens is 196 g/mol. The first-order chi connectivity index (χ1) is 7.65. The van der Waals surface area contributed by atoms with Crippen molar-refractivity contribution < 1.29 is 0 Å². The minimum atomic E-state index is 0.646. The van der Waals surface area contributed by atoms with Crippen molar-refractivity contribution >= 4 is 0 Å². The van der Waals surface area contributed by atoms with E-state index < -0.39 is 0 Å². The highest BCUT2D eigenvalue weighted by Crippen LogP contribution is 2.26. The Morgan fingerprint density at radius 2 is 1.88 bits per heavy atom. The molecule has 1 atom stereocenters. The van der Waals surface area contributed by atoms with Crippen LogP contribution in [0.15, 0.2) is 0 Å². The Balaban J connectivity index is 2.12. The molecule has 0 aromatic carbocycles. The molecule has 0 aromatic rings. The molecule has 1 unspecified atom stereocenters. The van der Waals surface area contributed by atoms with E-state index in [0.29, 0.717) is 6.04 Å². The van der Waals surface area contributed by atoms with Crippen LogP contribution < -0.4 is 5.32 Å². The first-order valence-electron chi connectivity index (χ1n) is 7.12. The molecule has 2 nitrogen and oxygen atoms in total. The Morgan fingerprint density at radius 3 is 2.38 bits per heavy atom. The fourth-order valence-corrected chi connectivity index (χ4v) is 1.95. The zero-order valence-corrected chi connectivity index (χ0v) is 11.6. The van der Waals surface area contributed by atoms with Crippen molar-refractivity contribution in [3.8, 4) is 0 Å². The monoisotopic (exact) mass is 226 g/mol. The summed E-state index contributed by atoms with van der Waals surface area (Å²) in [5, 5.41) is 3.63. The number of nitrogens with zero attached hydrogens (tertiary/aromatic N) is 1. The largest absolute Gasteiger partial charge is 0.313 e. The second-order valence-corrected chi connectivity index (χ2v) is 5.61. The van der Waals surface area contributed by atoms with Gasteiger partial charge >= 0.3 is 0 Å². The van der Waals surface area contributed by atoms with E-state index >= 15 is 0 Å². The summed E-state index contributed by atoms with van der Waals surface area (Å²) in [7, 11) is 0. The maximum atomic E-state index is 3.63. The van der Waals surface area contributed by atoms with Gasteiger partial charge in [0.2, 0.25) is 0 Å². The van der Waals surface area contributed by atoms with Crippen LogP contribution in [0.2, 0.25) is 0 Å². The van der Waals surface area contributed by atoms with Crippen LogP contribution in [0.5, 0.6) is 0 Å². The van der Waals surface area contributed by atoms with Crippen LogP contribution in [0.1, 0.15) is 53.4 Å². The molecule has 1 aliphatic rings. The van der Waals surface area contributed by atoms with Crippen molar-refractivity contribution in [3.05, 3.63) is 0 Å². The summed E-state index contributed by atoms with van der Waals surface area (Å²) < 4.78 is 0. The lowest BCUT2D eigenvalue weighted by Crippen LogP contribution is -2.39. The van der Waals surface area contributed by atoms with E-state index in [-0.39, 0.29) is 0 Å². The standard InChI is InChI=1S/C14H30N2/c1-5-6-10-16(14-7-8-14)11-9-15-13(4)12(2)3/h12-15H,5-11H2,1-4H3. The van der Waals surface area contributed by atoms with Crippen LogP contribution in [-0.2, 0) is 0 Å². The van der Waals surface area contributed by atoms with E-state index in [1.807, 2.05) is 0 Å². The van der Waals surface area contributed by atoms with Crippen molar-refractivity contribution in [3.63, 3.8) is 0 Å². The summed E-state index contributed by atoms with van der Waals surface area (Å²) in [6.07, 6.45) is 5.54. The van der Waals surface area contributed by atoms with Gasteiger partial charge in [-0.1, -0.05) is 27.2 Å². The average molecular weight is 226 g/mol. The summed E-state index contributed by atoms with van der Waals surface area (Å²) in [5.74, 6) is 0.741. The van der Waals surface area contributed by atoms with Gasteiger partial charge in [0, 0.05) is 25.2 Å². The zero-order valence-electron chi connectivity index (χ0n) is 11.6. The van der Waals surface area contributed by atoms with E-state index in [1.54, 1.807) is 0 Å². The topological polar surface area (TPSA) is 15.3 Å². The maximum absolute atomic E-state index is 3.63. The molecule has 16 heavy (non-hydrogen) atoms. The van der Waals surface area contributed by atoms with Crippen LogP contribution in [0.4, 0.5) is 0 Å². The molecule has 0 radical (unpaired) electrons. The maximum Gasteiger partial charge on any atom is 0.0110 e. The van der Waals surface area contributed by atoms with Crippen LogP contribution in [0, 0.1) is 5.92 Å². The lowest BCUT2D eigenvalue weighted by Gasteiger charge is -2.24. The van der Waals surface area contributed by atoms with Gasteiger partial charge in [0.15, 0.2) is 0 Å². The number of rotatable bonds is 9. The molecule has 0 bridgehead atoms. The van der Waals surface area contributed by atoms with Crippen LogP contribution in [0.3, 0.4) is 0 Å². The van der Waals surface area contributed by atoms with Gasteiger partial charge < -0.3 is 5.32 Å². The normalized spacial score (nSPS) is 18.4. The molecule has 1 N–H and O–H groups in total. The molecular formula is C14H30N2. The number of unbranched alkanes of at least 4 members (excludes halogenated alkanes) is 1. The Hall–Kier alpha value is -0.0800. The van der Waals surface area contributed by atoms with Crippen molar-refractivity contribution in [2.24, 2.45) is 5.92 Å². The molecule has 0 spiro atoms. The van der Waals surface area contributed by atoms with E-state index in [9.17, 15) is 0 Å². The third-order valence-corrected chi connectivity index (χ3v) is 3.73. The molecule has 2 heteroatoms. The summed E-state index contributed by atoms with van der Waals surface area (Å²) in [6, 6.07) is 1.56. The van der Waals surface area contributed by atoms with Crippen LogP contribution in [0.25, 0.3) is 0 Å². The first-order valence-corrected chi connectivity index (χ1v) is 7.12. The zero-order chi connectivity index (χ0) is 12.0. The van der Waals surface area contributed by atoms with Gasteiger partial charge in [-0.2, -0.15) is 0 Å². The fourth-order valence-electron chi connectivity index (χ4n) is 1.95. The molecule has 1 fully saturated rings. The number of nitrogens with one attached hydrogen (secondary N) is 1. The smallest absolute Gasteiger partial charge is 0.0110 e. The van der Waals surface area contributed by atoms with Crippen molar-refractivity contribution in [2.45, 2.75) is 65.5 Å². The van der Waals surface area contributed by atoms with Gasteiger partial charge in [0.1, 0.15) is 0 Å². The molecule has 1 rings (SSSR count). The molecule has 1 saturated carbocycles. The van der Waals surface area contributed by atoms with Crippen LogP contribution >= 0.6 is 0 Å². The average Bonchev–Trinajstić information content (AvgIpc) is 3.06. The number of hydrogen-bond donors (Lipinski definition) is 1. The fraction of sp³-hybridized carbons (Fsp3) is 1.00. The van der Waals surface area contributed by atoms with Crippen molar-refractivity contribution in [2.75, 3.05) is 19.6 Å². The molecule has 0 aromatic heterocycles. The predicted octanol–water partition coefficient (Wildman–Crippen LogP) is 2.89. The first kappa shape index (κ1) is 14.0. The van der Waals surface area contributed by atoms with E-state index in [1.165, 1.54) is 38.8 Å². The van der Waals surface area contributed by atoms with Gasteiger partial charge in [0.05, 0.1) is 0 Å². The Labute approximate surface area is 102 Å². The Morgan fingerprint density at radius 1 is 1.19 bits per heavy atom. The van der Waals surface area contributed by atoms with E-state index in [4.69, 9.17) is 0 Å².